The Balaban J connectivity index is 2.57. The van der Waals surface area contributed by atoms with Crippen LogP contribution in [0.15, 0.2) is 0 Å². The van der Waals surface area contributed by atoms with Crippen molar-refractivity contribution in [3.63, 3.8) is 0 Å². The predicted octanol–water partition coefficient (Wildman–Crippen LogP) is 1.07. The van der Waals surface area contributed by atoms with Gasteiger partial charge in [0.15, 0.2) is 5.25 Å². The van der Waals surface area contributed by atoms with E-state index < -0.39 is 45.5 Å². The third-order valence-electron chi connectivity index (χ3n) is 3.50. The van der Waals surface area contributed by atoms with Crippen LogP contribution in [0.25, 0.3) is 0 Å². The number of imide groups is 1. The number of nitrogens with zero attached hydrogens (tertiary/aromatic N) is 1. The van der Waals surface area contributed by atoms with E-state index in [1.807, 2.05) is 0 Å². The molecule has 0 aromatic carbocycles. The maximum Gasteiger partial charge on any atom is 0.335 e. The maximum absolute atomic E-state index is 11.8. The minimum Gasteiger partial charge on any atom is -0.330 e. The molecule has 1 aliphatic heterocycles. The fourth-order valence-corrected chi connectivity index (χ4v) is 2.79. The van der Waals surface area contributed by atoms with E-state index in [2.05, 4.69) is 6.92 Å². The molecule has 1 heterocycles. The molecule has 126 valence electrons. The summed E-state index contributed by atoms with van der Waals surface area (Å²) in [6.45, 7) is 3.67. The average Bonchev–Trinajstić information content (AvgIpc) is 2.71. The fraction of sp³-hybridized carbons (Fsp3) is 0.769. The zero-order chi connectivity index (χ0) is 16.9. The number of hydroxylamine groups is 2. The number of rotatable bonds is 8. The Morgan fingerprint density at radius 2 is 2.00 bits per heavy atom. The minimum absolute atomic E-state index is 0.142. The van der Waals surface area contributed by atoms with Crippen LogP contribution >= 0.6 is 0 Å². The Morgan fingerprint density at radius 1 is 1.36 bits per heavy atom. The number of carbonyl (C=O) groups excluding carboxylic acids is 3. The third kappa shape index (κ3) is 4.77. The van der Waals surface area contributed by atoms with Gasteiger partial charge in [0.1, 0.15) is 0 Å². The quantitative estimate of drug-likeness (QED) is 0.400. The van der Waals surface area contributed by atoms with Crippen LogP contribution in [-0.2, 0) is 29.3 Å². The molecule has 2 amide bonds. The van der Waals surface area contributed by atoms with Crippen LogP contribution in [0.1, 0.15) is 52.4 Å². The van der Waals surface area contributed by atoms with Gasteiger partial charge >= 0.3 is 5.97 Å². The number of hydrogen-bond donors (Lipinski definition) is 1. The first kappa shape index (κ1) is 18.6. The summed E-state index contributed by atoms with van der Waals surface area (Å²) in [4.78, 5) is 39.8. The molecule has 0 bridgehead atoms. The standard InChI is InChI=1S/C13H21NO7S/c1-3-4-5-6-7-9(2)13(17)21-14-11(15)8-10(12(14)16)22(18,19)20/h9-10H,3-8H2,1-2H3,(H,18,19,20). The Kier molecular flexibility index (Phi) is 6.48. The second kappa shape index (κ2) is 7.68. The van der Waals surface area contributed by atoms with Crippen LogP contribution in [0, 0.1) is 5.92 Å². The van der Waals surface area contributed by atoms with Crippen molar-refractivity contribution in [2.75, 3.05) is 0 Å². The van der Waals surface area contributed by atoms with E-state index in [1.165, 1.54) is 0 Å². The Labute approximate surface area is 129 Å². The second-order valence-corrected chi connectivity index (χ2v) is 6.99. The lowest BCUT2D eigenvalue weighted by atomic mass is 10.0. The summed E-state index contributed by atoms with van der Waals surface area (Å²) in [5.41, 5.74) is 0. The van der Waals surface area contributed by atoms with Gasteiger partial charge in [-0.25, -0.2) is 4.79 Å². The highest BCUT2D eigenvalue weighted by Crippen LogP contribution is 2.21. The van der Waals surface area contributed by atoms with E-state index in [0.717, 1.165) is 25.7 Å². The molecule has 0 saturated carbocycles. The summed E-state index contributed by atoms with van der Waals surface area (Å²) in [5, 5.41) is -1.75. The Hall–Kier alpha value is -1.48. The summed E-state index contributed by atoms with van der Waals surface area (Å²) in [6.07, 6.45) is 3.74. The van der Waals surface area contributed by atoms with Crippen molar-refractivity contribution >= 4 is 27.9 Å². The summed E-state index contributed by atoms with van der Waals surface area (Å²) in [5.74, 6) is -3.48. The largest absolute Gasteiger partial charge is 0.335 e. The van der Waals surface area contributed by atoms with Gasteiger partial charge in [0.2, 0.25) is 0 Å². The van der Waals surface area contributed by atoms with Crippen LogP contribution < -0.4 is 0 Å². The monoisotopic (exact) mass is 335 g/mol. The van der Waals surface area contributed by atoms with Gasteiger partial charge in [-0.3, -0.25) is 14.1 Å². The zero-order valence-electron chi connectivity index (χ0n) is 12.6. The molecule has 8 nitrogen and oxygen atoms in total. The molecular formula is C13H21NO7S. The molecule has 0 aliphatic carbocycles. The predicted molar refractivity (Wildman–Crippen MR) is 75.8 cm³/mol. The van der Waals surface area contributed by atoms with Crippen molar-refractivity contribution in [2.24, 2.45) is 5.92 Å². The first-order valence-corrected chi connectivity index (χ1v) is 8.73. The molecule has 0 radical (unpaired) electrons. The van der Waals surface area contributed by atoms with E-state index in [4.69, 9.17) is 9.39 Å². The van der Waals surface area contributed by atoms with Crippen LogP contribution in [0.4, 0.5) is 0 Å². The number of carbonyl (C=O) groups is 3. The maximum atomic E-state index is 11.8. The lowest BCUT2D eigenvalue weighted by Crippen LogP contribution is -2.37. The number of amides is 2. The molecule has 1 N–H and O–H groups in total. The third-order valence-corrected chi connectivity index (χ3v) is 4.58. The Morgan fingerprint density at radius 3 is 2.50 bits per heavy atom. The molecule has 1 aliphatic rings. The molecular weight excluding hydrogens is 314 g/mol. The van der Waals surface area contributed by atoms with Crippen LogP contribution in [-0.4, -0.2) is 41.1 Å². The zero-order valence-corrected chi connectivity index (χ0v) is 13.5. The number of unbranched alkanes of at least 4 members (excludes halogenated alkanes) is 3. The SMILES string of the molecule is CCCCCCC(C)C(=O)ON1C(=O)CC(S(=O)(=O)O)C1=O. The lowest BCUT2D eigenvalue weighted by Gasteiger charge is -2.16. The highest BCUT2D eigenvalue weighted by Gasteiger charge is 2.48. The van der Waals surface area contributed by atoms with Gasteiger partial charge in [-0.05, 0) is 6.42 Å². The van der Waals surface area contributed by atoms with Crippen LogP contribution in [0.2, 0.25) is 0 Å². The van der Waals surface area contributed by atoms with E-state index in [0.29, 0.717) is 6.42 Å². The smallest absolute Gasteiger partial charge is 0.330 e. The molecule has 1 saturated heterocycles. The molecule has 2 atom stereocenters. The highest BCUT2D eigenvalue weighted by molar-refractivity contribution is 7.87. The van der Waals surface area contributed by atoms with Gasteiger partial charge in [-0.1, -0.05) is 39.5 Å². The first-order chi connectivity index (χ1) is 10.2. The van der Waals surface area contributed by atoms with Gasteiger partial charge in [0.05, 0.1) is 12.3 Å². The molecule has 0 spiro atoms. The summed E-state index contributed by atoms with van der Waals surface area (Å²) >= 11 is 0. The van der Waals surface area contributed by atoms with Crippen molar-refractivity contribution in [1.29, 1.82) is 0 Å². The summed E-state index contributed by atoms with van der Waals surface area (Å²) < 4.78 is 30.8. The van der Waals surface area contributed by atoms with E-state index in [1.54, 1.807) is 6.92 Å². The molecule has 9 heteroatoms. The van der Waals surface area contributed by atoms with Crippen molar-refractivity contribution in [1.82, 2.24) is 5.06 Å². The molecule has 2 unspecified atom stereocenters. The van der Waals surface area contributed by atoms with E-state index >= 15 is 0 Å². The topological polar surface area (TPSA) is 118 Å². The van der Waals surface area contributed by atoms with Gasteiger partial charge < -0.3 is 4.84 Å². The minimum atomic E-state index is -4.70. The normalized spacial score (nSPS) is 20.3. The molecule has 0 aromatic heterocycles. The van der Waals surface area contributed by atoms with Crippen LogP contribution in [0.3, 0.4) is 0 Å². The first-order valence-electron chi connectivity index (χ1n) is 7.23. The fourth-order valence-electron chi connectivity index (χ4n) is 2.09. The molecule has 1 rings (SSSR count). The van der Waals surface area contributed by atoms with Gasteiger partial charge in [-0.15, -0.1) is 5.06 Å². The van der Waals surface area contributed by atoms with E-state index in [9.17, 15) is 22.8 Å². The lowest BCUT2D eigenvalue weighted by molar-refractivity contribution is -0.200. The Bertz CT molecular complexity index is 543. The van der Waals surface area contributed by atoms with Crippen molar-refractivity contribution in [3.05, 3.63) is 0 Å². The summed E-state index contributed by atoms with van der Waals surface area (Å²) in [7, 11) is -4.70. The van der Waals surface area contributed by atoms with Gasteiger partial charge in [0.25, 0.3) is 21.9 Å². The highest BCUT2D eigenvalue weighted by atomic mass is 32.2. The molecule has 1 fully saturated rings. The average molecular weight is 335 g/mol. The van der Waals surface area contributed by atoms with Crippen molar-refractivity contribution < 1.29 is 32.2 Å². The van der Waals surface area contributed by atoms with Crippen molar-refractivity contribution in [2.45, 2.75) is 57.6 Å². The van der Waals surface area contributed by atoms with Crippen molar-refractivity contribution in [3.8, 4) is 0 Å². The molecule has 0 aromatic rings. The van der Waals surface area contributed by atoms with Gasteiger partial charge in [0, 0.05) is 0 Å². The second-order valence-electron chi connectivity index (χ2n) is 5.39. The summed E-state index contributed by atoms with van der Waals surface area (Å²) in [6, 6.07) is 0. The number of hydrogen-bond acceptors (Lipinski definition) is 6. The van der Waals surface area contributed by atoms with Gasteiger partial charge in [-0.2, -0.15) is 8.42 Å². The molecule has 22 heavy (non-hydrogen) atoms. The van der Waals surface area contributed by atoms with Crippen LogP contribution in [0.5, 0.6) is 0 Å². The van der Waals surface area contributed by atoms with E-state index in [-0.39, 0.29) is 5.06 Å².